The van der Waals surface area contributed by atoms with Gasteiger partial charge in [-0.25, -0.2) is 0 Å². The van der Waals surface area contributed by atoms with Crippen molar-refractivity contribution in [2.75, 3.05) is 63.0 Å². The van der Waals surface area contributed by atoms with Gasteiger partial charge in [0.15, 0.2) is 5.16 Å². The first-order valence-corrected chi connectivity index (χ1v) is 12.9. The van der Waals surface area contributed by atoms with Gasteiger partial charge in [-0.1, -0.05) is 43.0 Å². The predicted octanol–water partition coefficient (Wildman–Crippen LogP) is 3.48. The summed E-state index contributed by atoms with van der Waals surface area (Å²) in [5.41, 5.74) is 4.50. The van der Waals surface area contributed by atoms with Gasteiger partial charge in [-0.3, -0.25) is 9.36 Å². The molecule has 2 heterocycles. The quantitative estimate of drug-likeness (QED) is 0.422. The number of carbonyl (C=O) groups excluding carboxylic acids is 1. The topological polar surface area (TPSA) is 66.7 Å². The molecule has 3 aromatic rings. The van der Waals surface area contributed by atoms with Crippen LogP contribution in [0.2, 0.25) is 0 Å². The van der Waals surface area contributed by atoms with Crippen LogP contribution in [-0.2, 0) is 22.5 Å². The van der Waals surface area contributed by atoms with E-state index in [0.717, 1.165) is 47.6 Å². The van der Waals surface area contributed by atoms with Crippen LogP contribution in [0.15, 0.2) is 53.7 Å². The van der Waals surface area contributed by atoms with E-state index in [1.807, 2.05) is 21.1 Å². The highest BCUT2D eigenvalue weighted by Gasteiger charge is 2.23. The van der Waals surface area contributed by atoms with Gasteiger partial charge in [0, 0.05) is 46.5 Å². The number of nitrogens with zero attached hydrogens (tertiary/aromatic N) is 6. The van der Waals surface area contributed by atoms with Crippen LogP contribution in [0.4, 0.5) is 11.6 Å². The number of aromatic nitrogens is 3. The molecular formula is C26H34N6O2S. The van der Waals surface area contributed by atoms with Crippen molar-refractivity contribution in [3.8, 4) is 5.69 Å². The van der Waals surface area contributed by atoms with Gasteiger partial charge in [-0.05, 0) is 41.8 Å². The summed E-state index contributed by atoms with van der Waals surface area (Å²) in [6, 6.07) is 16.7. The van der Waals surface area contributed by atoms with E-state index in [0.29, 0.717) is 25.5 Å². The summed E-state index contributed by atoms with van der Waals surface area (Å²) in [5.74, 6) is 1.14. The van der Waals surface area contributed by atoms with Gasteiger partial charge >= 0.3 is 0 Å². The monoisotopic (exact) mass is 494 g/mol. The molecule has 0 saturated carbocycles. The molecule has 8 nitrogen and oxygen atoms in total. The van der Waals surface area contributed by atoms with Crippen molar-refractivity contribution < 1.29 is 9.53 Å². The lowest BCUT2D eigenvalue weighted by molar-refractivity contribution is -0.127. The molecule has 2 aromatic carbocycles. The molecule has 4 rings (SSSR count). The van der Waals surface area contributed by atoms with Crippen molar-refractivity contribution in [3.05, 3.63) is 59.7 Å². The molecule has 9 heteroatoms. The molecule has 0 spiro atoms. The molecule has 1 aromatic heterocycles. The van der Waals surface area contributed by atoms with Crippen LogP contribution >= 0.6 is 11.8 Å². The minimum absolute atomic E-state index is 0.0523. The Morgan fingerprint density at radius 3 is 2.46 bits per heavy atom. The third kappa shape index (κ3) is 6.15. The number of hydrogen-bond acceptors (Lipinski definition) is 7. The zero-order valence-electron chi connectivity index (χ0n) is 21.0. The van der Waals surface area contributed by atoms with E-state index < -0.39 is 0 Å². The van der Waals surface area contributed by atoms with Gasteiger partial charge in [-0.15, -0.1) is 10.2 Å². The van der Waals surface area contributed by atoms with Gasteiger partial charge in [0.1, 0.15) is 0 Å². The highest BCUT2D eigenvalue weighted by atomic mass is 32.2. The first-order chi connectivity index (χ1) is 17.0. The highest BCUT2D eigenvalue weighted by Crippen LogP contribution is 2.28. The first-order valence-electron chi connectivity index (χ1n) is 12.0. The Morgan fingerprint density at radius 1 is 1.03 bits per heavy atom. The molecule has 1 aliphatic rings. The van der Waals surface area contributed by atoms with E-state index in [4.69, 9.17) is 4.74 Å². The normalized spacial score (nSPS) is 13.7. The maximum absolute atomic E-state index is 13.0. The Labute approximate surface area is 211 Å². The fourth-order valence-corrected chi connectivity index (χ4v) is 4.85. The average molecular weight is 495 g/mol. The minimum atomic E-state index is 0.0523. The molecule has 0 aliphatic carbocycles. The van der Waals surface area contributed by atoms with Crippen LogP contribution in [-0.4, -0.2) is 78.8 Å². The maximum Gasteiger partial charge on any atom is 0.233 e. The zero-order valence-corrected chi connectivity index (χ0v) is 21.8. The Bertz CT molecular complexity index is 1130. The summed E-state index contributed by atoms with van der Waals surface area (Å²) in [6.07, 6.45) is 0.949. The fraction of sp³-hybridized carbons (Fsp3) is 0.423. The van der Waals surface area contributed by atoms with E-state index >= 15 is 0 Å². The van der Waals surface area contributed by atoms with Gasteiger partial charge in [0.05, 0.1) is 24.7 Å². The van der Waals surface area contributed by atoms with Crippen molar-refractivity contribution in [1.82, 2.24) is 19.7 Å². The van der Waals surface area contributed by atoms with Gasteiger partial charge < -0.3 is 19.4 Å². The van der Waals surface area contributed by atoms with Crippen molar-refractivity contribution in [2.24, 2.45) is 0 Å². The van der Waals surface area contributed by atoms with Gasteiger partial charge in [-0.2, -0.15) is 0 Å². The molecule has 186 valence electrons. The first kappa shape index (κ1) is 25.1. The lowest BCUT2D eigenvalue weighted by atomic mass is 10.1. The van der Waals surface area contributed by atoms with Crippen LogP contribution in [0.25, 0.3) is 5.69 Å². The number of amides is 1. The van der Waals surface area contributed by atoms with Crippen molar-refractivity contribution in [1.29, 1.82) is 0 Å². The second kappa shape index (κ2) is 11.6. The molecule has 1 amide bonds. The molecule has 0 unspecified atom stereocenters. The van der Waals surface area contributed by atoms with Crippen LogP contribution < -0.4 is 9.80 Å². The maximum atomic E-state index is 13.0. The number of hydrogen-bond donors (Lipinski definition) is 0. The van der Waals surface area contributed by atoms with Crippen LogP contribution in [0.5, 0.6) is 0 Å². The second-order valence-electron chi connectivity index (χ2n) is 8.84. The number of benzene rings is 2. The molecule has 0 bridgehead atoms. The average Bonchev–Trinajstić information content (AvgIpc) is 3.32. The van der Waals surface area contributed by atoms with Crippen molar-refractivity contribution in [3.63, 3.8) is 0 Å². The fourth-order valence-electron chi connectivity index (χ4n) is 3.96. The largest absolute Gasteiger partial charge is 0.378 e. The van der Waals surface area contributed by atoms with E-state index in [1.165, 1.54) is 17.3 Å². The number of morpholine rings is 1. The van der Waals surface area contributed by atoms with Crippen LogP contribution in [0.3, 0.4) is 0 Å². The standard InChI is InChI=1S/C26H34N6O2S/c1-5-20-7-6-8-23(17-20)32-25(31-13-15-34-16-14-31)27-28-26(32)35-19-24(33)30(4)18-21-9-11-22(12-10-21)29(2)3/h6-12,17H,5,13-16,18-19H2,1-4H3. The summed E-state index contributed by atoms with van der Waals surface area (Å²) in [4.78, 5) is 19.0. The highest BCUT2D eigenvalue weighted by molar-refractivity contribution is 7.99. The third-order valence-corrected chi connectivity index (χ3v) is 7.02. The summed E-state index contributed by atoms with van der Waals surface area (Å²) in [5, 5.41) is 9.72. The molecule has 1 aliphatic heterocycles. The number of thioether (sulfide) groups is 1. The van der Waals surface area contributed by atoms with E-state index in [-0.39, 0.29) is 5.91 Å². The van der Waals surface area contributed by atoms with Crippen LogP contribution in [0, 0.1) is 0 Å². The molecular weight excluding hydrogens is 460 g/mol. The Kier molecular flexibility index (Phi) is 8.30. The number of carbonyl (C=O) groups is 1. The summed E-state index contributed by atoms with van der Waals surface area (Å²) >= 11 is 1.43. The molecule has 35 heavy (non-hydrogen) atoms. The second-order valence-corrected chi connectivity index (χ2v) is 9.78. The van der Waals surface area contributed by atoms with E-state index in [1.54, 1.807) is 4.90 Å². The number of ether oxygens (including phenoxy) is 1. The minimum Gasteiger partial charge on any atom is -0.378 e. The van der Waals surface area contributed by atoms with E-state index in [9.17, 15) is 4.79 Å². The lowest BCUT2D eigenvalue weighted by Crippen LogP contribution is -2.37. The number of anilines is 2. The predicted molar refractivity (Wildman–Crippen MR) is 142 cm³/mol. The van der Waals surface area contributed by atoms with Crippen molar-refractivity contribution >= 4 is 29.3 Å². The Hall–Kier alpha value is -3.04. The Morgan fingerprint density at radius 2 is 1.77 bits per heavy atom. The molecule has 0 radical (unpaired) electrons. The molecule has 0 N–H and O–H groups in total. The van der Waals surface area contributed by atoms with Crippen LogP contribution in [0.1, 0.15) is 18.1 Å². The summed E-state index contributed by atoms with van der Waals surface area (Å²) in [6.45, 7) is 5.59. The lowest BCUT2D eigenvalue weighted by Gasteiger charge is -2.28. The SMILES string of the molecule is CCc1cccc(-n2c(SCC(=O)N(C)Cc3ccc(N(C)C)cc3)nnc2N2CCOCC2)c1. The molecule has 1 saturated heterocycles. The van der Waals surface area contributed by atoms with E-state index in [2.05, 4.69) is 80.0 Å². The van der Waals surface area contributed by atoms with Gasteiger partial charge in [0.25, 0.3) is 0 Å². The Balaban J connectivity index is 1.49. The third-order valence-electron chi connectivity index (χ3n) is 6.11. The zero-order chi connectivity index (χ0) is 24.8. The number of aryl methyl sites for hydroxylation is 1. The smallest absolute Gasteiger partial charge is 0.233 e. The molecule has 1 fully saturated rings. The number of rotatable bonds is 9. The summed E-state index contributed by atoms with van der Waals surface area (Å²) < 4.78 is 7.60. The summed E-state index contributed by atoms with van der Waals surface area (Å²) in [7, 11) is 5.88. The molecule has 0 atom stereocenters. The van der Waals surface area contributed by atoms with Crippen molar-refractivity contribution in [2.45, 2.75) is 25.0 Å². The van der Waals surface area contributed by atoms with Gasteiger partial charge in [0.2, 0.25) is 11.9 Å².